The van der Waals surface area contributed by atoms with Gasteiger partial charge in [-0.1, -0.05) is 41.5 Å². The number of nitrogens with two attached hydrogens (primary N) is 3. The molecule has 0 bridgehead atoms. The van der Waals surface area contributed by atoms with E-state index in [0.29, 0.717) is 5.82 Å². The van der Waals surface area contributed by atoms with Crippen molar-refractivity contribution in [3.63, 3.8) is 0 Å². The number of nitrogens with zero attached hydrogens (tertiary/aromatic N) is 3. The predicted octanol–water partition coefficient (Wildman–Crippen LogP) is 7.88. The van der Waals surface area contributed by atoms with Gasteiger partial charge in [0, 0.05) is 40.8 Å². The number of aryl methyl sites for hydroxylation is 3. The molecule has 1 aromatic heterocycles. The van der Waals surface area contributed by atoms with Crippen molar-refractivity contribution < 1.29 is 19.0 Å². The fraction of sp³-hybridized carbons (Fsp3) is 0.395. The van der Waals surface area contributed by atoms with Crippen LogP contribution in [0.5, 0.6) is 17.2 Å². The van der Waals surface area contributed by atoms with Crippen LogP contribution in [-0.4, -0.2) is 36.9 Å². The topological polar surface area (TPSA) is 176 Å². The number of methoxy groups -OCH3 is 3. The van der Waals surface area contributed by atoms with Gasteiger partial charge in [-0.2, -0.15) is 10.4 Å². The summed E-state index contributed by atoms with van der Waals surface area (Å²) in [6.45, 7) is 17.8. The van der Waals surface area contributed by atoms with Gasteiger partial charge in [-0.3, -0.25) is 10.6 Å². The number of ketones is 1. The number of hydrazine groups is 1. The average molecular weight is 710 g/mol. The molecule has 12 heteroatoms. The molecule has 0 fully saturated rings. The van der Waals surface area contributed by atoms with Crippen LogP contribution < -0.4 is 36.9 Å². The van der Waals surface area contributed by atoms with Gasteiger partial charge in [0.05, 0.1) is 50.9 Å². The quantitative estimate of drug-likeness (QED) is 0.0875. The van der Waals surface area contributed by atoms with Crippen molar-refractivity contribution in [3.05, 3.63) is 83.0 Å². The van der Waals surface area contributed by atoms with Gasteiger partial charge in [-0.25, -0.2) is 4.68 Å². The van der Waals surface area contributed by atoms with Crippen LogP contribution in [0.15, 0.2) is 60.7 Å². The number of aromatic nitrogens is 2. The average Bonchev–Trinajstić information content (AvgIpc) is 3.42. The summed E-state index contributed by atoms with van der Waals surface area (Å²) in [4.78, 5) is 10.8. The summed E-state index contributed by atoms with van der Waals surface area (Å²) in [6, 6.07) is 21.1. The number of hydrogen-bond donors (Lipinski definition) is 4. The molecule has 274 valence electrons. The predicted molar refractivity (Wildman–Crippen MR) is 208 cm³/mol. The molecule has 0 aliphatic carbocycles. The molecule has 3 aromatic carbocycles. The highest BCUT2D eigenvalue weighted by Crippen LogP contribution is 2.27. The zero-order valence-electron chi connectivity index (χ0n) is 31.6. The number of halogens is 1. The fourth-order valence-corrected chi connectivity index (χ4v) is 4.12. The standard InChI is InChI=1S/C15H21N3O.C8H12N2O.C8H11NO.C7H11NO.ClH/c1-10-6-11(8-12(7-10)19-5)18-14(16)9-13(17-18)15(2,3)4;1-6-3-7(10-9)5-8(4-6)11-2;1-6-3-7(9)5-8(4-6)10-2;1-7(2,3)6(9)4-5-8;/h6-9H,16H2,1-5H3;3-5,10H,9H2,1-2H3;3-5H,9H2,1-2H3;4H2,1-3H3;1H. The van der Waals surface area contributed by atoms with Crippen LogP contribution >= 0.6 is 12.4 Å². The van der Waals surface area contributed by atoms with Gasteiger partial charge < -0.3 is 31.1 Å². The molecule has 7 N–H and O–H groups in total. The summed E-state index contributed by atoms with van der Waals surface area (Å²) in [5.74, 6) is 8.32. The maximum atomic E-state index is 10.8. The largest absolute Gasteiger partial charge is 0.497 e. The maximum absolute atomic E-state index is 10.8. The Hall–Kier alpha value is -4.92. The molecule has 11 nitrogen and oxygen atoms in total. The molecule has 0 saturated carbocycles. The van der Waals surface area contributed by atoms with Crippen LogP contribution in [0.2, 0.25) is 0 Å². The minimum absolute atomic E-state index is 0. The third-order valence-corrected chi connectivity index (χ3v) is 6.86. The lowest BCUT2D eigenvalue weighted by Gasteiger charge is -2.14. The van der Waals surface area contributed by atoms with Crippen molar-refractivity contribution in [3.8, 4) is 29.0 Å². The second kappa shape index (κ2) is 20.6. The molecule has 0 spiro atoms. The zero-order valence-corrected chi connectivity index (χ0v) is 32.4. The number of Topliss-reactive ketones (excluding diaryl/α,β-unsaturated/α-hetero) is 1. The van der Waals surface area contributed by atoms with Crippen LogP contribution in [-0.2, 0) is 10.2 Å². The first-order valence-corrected chi connectivity index (χ1v) is 15.7. The first-order valence-electron chi connectivity index (χ1n) is 15.7. The summed E-state index contributed by atoms with van der Waals surface area (Å²) in [7, 11) is 4.93. The molecule has 4 rings (SSSR count). The number of rotatable bonds is 6. The van der Waals surface area contributed by atoms with Gasteiger partial charge in [-0.15, -0.1) is 12.4 Å². The Labute approximate surface area is 304 Å². The van der Waals surface area contributed by atoms with E-state index in [1.165, 1.54) is 0 Å². The third-order valence-electron chi connectivity index (χ3n) is 6.86. The van der Waals surface area contributed by atoms with Crippen molar-refractivity contribution >= 4 is 35.4 Å². The summed E-state index contributed by atoms with van der Waals surface area (Å²) in [5.41, 5.74) is 20.7. The van der Waals surface area contributed by atoms with E-state index in [-0.39, 0.29) is 35.4 Å². The highest BCUT2D eigenvalue weighted by Gasteiger charge is 2.20. The number of nitrogen functional groups attached to an aromatic ring is 3. The van der Waals surface area contributed by atoms with Gasteiger partial charge in [0.25, 0.3) is 0 Å². The van der Waals surface area contributed by atoms with Crippen LogP contribution in [0, 0.1) is 37.5 Å². The first-order chi connectivity index (χ1) is 22.8. The smallest absolute Gasteiger partial charge is 0.152 e. The third kappa shape index (κ3) is 15.5. The Kier molecular flexibility index (Phi) is 18.5. The first kappa shape index (κ1) is 45.1. The van der Waals surface area contributed by atoms with Crippen molar-refractivity contribution in [1.29, 1.82) is 5.26 Å². The number of carbonyl (C=O) groups is 1. The molecule has 0 aliphatic rings. The minimum atomic E-state index is -0.351. The van der Waals surface area contributed by atoms with Crippen LogP contribution in [0.1, 0.15) is 70.3 Å². The molecule has 0 amide bonds. The van der Waals surface area contributed by atoms with E-state index in [0.717, 1.165) is 56.7 Å². The number of ether oxygens (including phenoxy) is 3. The number of carbonyl (C=O) groups excluding carboxylic acids is 1. The van der Waals surface area contributed by atoms with E-state index in [2.05, 4.69) is 31.3 Å². The normalized spacial score (nSPS) is 10.2. The van der Waals surface area contributed by atoms with Gasteiger partial charge in [0.15, 0.2) is 5.78 Å². The van der Waals surface area contributed by atoms with E-state index in [1.807, 2.05) is 102 Å². The van der Waals surface area contributed by atoms with E-state index in [4.69, 9.17) is 36.8 Å². The SMILES string of the molecule is CC(C)(C)C(=O)CC#N.COc1cc(C)cc(-n2nc(C(C)(C)C)cc2N)c1.COc1cc(C)cc(N)c1.COc1cc(C)cc(NN)c1.Cl. The van der Waals surface area contributed by atoms with Gasteiger partial charge >= 0.3 is 0 Å². The highest BCUT2D eigenvalue weighted by atomic mass is 35.5. The van der Waals surface area contributed by atoms with Crippen LogP contribution in [0.25, 0.3) is 5.69 Å². The second-order valence-electron chi connectivity index (χ2n) is 13.5. The van der Waals surface area contributed by atoms with Gasteiger partial charge in [0.2, 0.25) is 0 Å². The number of benzene rings is 3. The number of anilines is 3. The van der Waals surface area contributed by atoms with Crippen molar-refractivity contribution in [2.45, 2.75) is 74.1 Å². The van der Waals surface area contributed by atoms with E-state index < -0.39 is 0 Å². The lowest BCUT2D eigenvalue weighted by atomic mass is 9.89. The lowest BCUT2D eigenvalue weighted by molar-refractivity contribution is -0.125. The Morgan fingerprint density at radius 3 is 1.66 bits per heavy atom. The Balaban J connectivity index is 0.000000672. The molecule has 0 atom stereocenters. The Morgan fingerprint density at radius 1 is 0.780 bits per heavy atom. The van der Waals surface area contributed by atoms with Crippen molar-refractivity contribution in [1.82, 2.24) is 9.78 Å². The molecular weight excluding hydrogens is 654 g/mol. The second-order valence-corrected chi connectivity index (χ2v) is 13.5. The van der Waals surface area contributed by atoms with Crippen LogP contribution in [0.3, 0.4) is 0 Å². The van der Waals surface area contributed by atoms with E-state index >= 15 is 0 Å². The molecule has 1 heterocycles. The summed E-state index contributed by atoms with van der Waals surface area (Å²) >= 11 is 0. The number of nitriles is 1. The molecule has 0 radical (unpaired) electrons. The molecule has 4 aromatic rings. The molecule has 50 heavy (non-hydrogen) atoms. The zero-order chi connectivity index (χ0) is 37.5. The van der Waals surface area contributed by atoms with Crippen molar-refractivity contribution in [2.24, 2.45) is 11.3 Å². The number of hydrogen-bond acceptors (Lipinski definition) is 10. The summed E-state index contributed by atoms with van der Waals surface area (Å²) < 4.78 is 17.1. The monoisotopic (exact) mass is 709 g/mol. The molecule has 0 aliphatic heterocycles. The van der Waals surface area contributed by atoms with E-state index in [1.54, 1.807) is 32.1 Å². The highest BCUT2D eigenvalue weighted by molar-refractivity contribution is 5.85. The maximum Gasteiger partial charge on any atom is 0.152 e. The summed E-state index contributed by atoms with van der Waals surface area (Å²) in [6.07, 6.45) is 0.0312. The van der Waals surface area contributed by atoms with Gasteiger partial charge in [0.1, 0.15) is 23.1 Å². The molecular formula is C38H56ClN7O4. The van der Waals surface area contributed by atoms with Gasteiger partial charge in [-0.05, 0) is 73.9 Å². The summed E-state index contributed by atoms with van der Waals surface area (Å²) in [5, 5.41) is 12.7. The Bertz CT molecular complexity index is 1660. The minimum Gasteiger partial charge on any atom is -0.497 e. The fourth-order valence-electron chi connectivity index (χ4n) is 4.12. The van der Waals surface area contributed by atoms with E-state index in [9.17, 15) is 4.79 Å². The molecule has 0 saturated heterocycles. The van der Waals surface area contributed by atoms with Crippen LogP contribution in [0.4, 0.5) is 17.2 Å². The molecule has 0 unspecified atom stereocenters. The number of nitrogens with one attached hydrogen (secondary N) is 1. The van der Waals surface area contributed by atoms with Crippen molar-refractivity contribution in [2.75, 3.05) is 38.2 Å². The Morgan fingerprint density at radius 2 is 1.26 bits per heavy atom. The lowest BCUT2D eigenvalue weighted by Crippen LogP contribution is -2.18.